The highest BCUT2D eigenvalue weighted by atomic mass is 32.2. The number of esters is 1. The maximum atomic E-state index is 13.6. The lowest BCUT2D eigenvalue weighted by atomic mass is 10.1. The molecule has 0 bridgehead atoms. The van der Waals surface area contributed by atoms with E-state index in [0.717, 1.165) is 20.9 Å². The van der Waals surface area contributed by atoms with Crippen LogP contribution in [0, 0.1) is 6.92 Å². The van der Waals surface area contributed by atoms with Crippen molar-refractivity contribution in [3.05, 3.63) is 113 Å². The van der Waals surface area contributed by atoms with Crippen LogP contribution in [0.3, 0.4) is 0 Å². The number of hydrogen-bond acceptors (Lipinski definition) is 5. The van der Waals surface area contributed by atoms with E-state index in [9.17, 15) is 9.59 Å². The van der Waals surface area contributed by atoms with Crippen LogP contribution in [-0.2, 0) is 17.9 Å². The monoisotopic (exact) mass is 455 g/mol. The van der Waals surface area contributed by atoms with E-state index in [2.05, 4.69) is 6.07 Å². The lowest BCUT2D eigenvalue weighted by Gasteiger charge is -2.24. The molecule has 0 N–H and O–H groups in total. The number of hydrogen-bond donors (Lipinski definition) is 0. The summed E-state index contributed by atoms with van der Waals surface area (Å²) in [6, 6.07) is 24.5. The largest absolute Gasteiger partial charge is 0.466 e. The van der Waals surface area contributed by atoms with Gasteiger partial charge in [0.25, 0.3) is 5.91 Å². The van der Waals surface area contributed by atoms with Crippen molar-refractivity contribution in [2.24, 2.45) is 0 Å². The van der Waals surface area contributed by atoms with E-state index in [0.29, 0.717) is 29.1 Å². The second-order valence-electron chi connectivity index (χ2n) is 7.82. The second-order valence-corrected chi connectivity index (χ2v) is 8.90. The number of aryl methyl sites for hydroxylation is 1. The zero-order valence-electron chi connectivity index (χ0n) is 18.0. The zero-order valence-corrected chi connectivity index (χ0v) is 18.8. The summed E-state index contributed by atoms with van der Waals surface area (Å²) in [5, 5.41) is 0. The number of rotatable bonds is 5. The van der Waals surface area contributed by atoms with Gasteiger partial charge in [0.1, 0.15) is 12.4 Å². The Labute approximate surface area is 196 Å². The molecule has 4 aromatic rings. The summed E-state index contributed by atoms with van der Waals surface area (Å²) in [6.45, 7) is 2.47. The number of anilines is 1. The summed E-state index contributed by atoms with van der Waals surface area (Å²) in [5.74, 6) is 0.00346. The van der Waals surface area contributed by atoms with Gasteiger partial charge in [-0.05, 0) is 55.0 Å². The van der Waals surface area contributed by atoms with E-state index in [4.69, 9.17) is 9.15 Å². The Morgan fingerprint density at radius 2 is 1.85 bits per heavy atom. The van der Waals surface area contributed by atoms with Crippen molar-refractivity contribution in [1.29, 1.82) is 0 Å². The normalized spacial score (nSPS) is 12.6. The van der Waals surface area contributed by atoms with Crippen molar-refractivity contribution in [1.82, 2.24) is 0 Å². The number of ether oxygens (including phenoxy) is 1. The molecule has 2 heterocycles. The minimum absolute atomic E-state index is 0.0506. The van der Waals surface area contributed by atoms with Gasteiger partial charge in [-0.15, -0.1) is 0 Å². The standard InChI is InChI=1S/C27H21NO4S/c1-18-6-4-7-19(14-18)16-28-23-15-20(27(30)32-17-21-8-5-13-31-21)11-12-25(23)33-24-10-3-2-9-22(24)26(28)29/h2-15H,16-17H2,1H3. The van der Waals surface area contributed by atoms with Crippen LogP contribution in [0.15, 0.2) is 99.3 Å². The van der Waals surface area contributed by atoms with E-state index >= 15 is 0 Å². The number of benzene rings is 3. The van der Waals surface area contributed by atoms with Gasteiger partial charge in [0.2, 0.25) is 0 Å². The molecule has 1 aliphatic rings. The van der Waals surface area contributed by atoms with E-state index in [1.54, 1.807) is 29.2 Å². The maximum Gasteiger partial charge on any atom is 0.338 e. The van der Waals surface area contributed by atoms with E-state index in [1.165, 1.54) is 18.0 Å². The van der Waals surface area contributed by atoms with Crippen LogP contribution < -0.4 is 4.90 Å². The fourth-order valence-electron chi connectivity index (χ4n) is 3.81. The van der Waals surface area contributed by atoms with E-state index in [1.807, 2.05) is 55.5 Å². The fourth-order valence-corrected chi connectivity index (χ4v) is 4.87. The molecule has 0 saturated heterocycles. The molecule has 33 heavy (non-hydrogen) atoms. The molecule has 0 spiro atoms. The van der Waals surface area contributed by atoms with Crippen molar-refractivity contribution in [2.45, 2.75) is 29.9 Å². The average Bonchev–Trinajstić information content (AvgIpc) is 3.31. The predicted molar refractivity (Wildman–Crippen MR) is 127 cm³/mol. The summed E-state index contributed by atoms with van der Waals surface area (Å²) in [7, 11) is 0. The lowest BCUT2D eigenvalue weighted by molar-refractivity contribution is 0.0445. The van der Waals surface area contributed by atoms with Crippen molar-refractivity contribution in [3.63, 3.8) is 0 Å². The molecule has 6 heteroatoms. The molecular weight excluding hydrogens is 434 g/mol. The molecule has 0 fully saturated rings. The predicted octanol–water partition coefficient (Wildman–Crippen LogP) is 6.26. The third kappa shape index (κ3) is 4.43. The number of carbonyl (C=O) groups excluding carboxylic acids is 2. The van der Waals surface area contributed by atoms with Crippen molar-refractivity contribution < 1.29 is 18.7 Å². The van der Waals surface area contributed by atoms with Crippen LogP contribution in [0.4, 0.5) is 5.69 Å². The highest BCUT2D eigenvalue weighted by Gasteiger charge is 2.28. The van der Waals surface area contributed by atoms with Gasteiger partial charge in [-0.1, -0.05) is 53.7 Å². The molecule has 0 aliphatic carbocycles. The van der Waals surface area contributed by atoms with Crippen LogP contribution in [0.25, 0.3) is 0 Å². The molecule has 5 rings (SSSR count). The van der Waals surface area contributed by atoms with Gasteiger partial charge in [-0.2, -0.15) is 0 Å². The number of amides is 1. The Balaban J connectivity index is 1.52. The Kier molecular flexibility index (Phi) is 5.75. The van der Waals surface area contributed by atoms with Crippen molar-refractivity contribution in [2.75, 3.05) is 4.90 Å². The summed E-state index contributed by atoms with van der Waals surface area (Å²) in [4.78, 5) is 29.9. The number of furan rings is 1. The van der Waals surface area contributed by atoms with E-state index < -0.39 is 5.97 Å². The Morgan fingerprint density at radius 3 is 2.67 bits per heavy atom. The Morgan fingerprint density at radius 1 is 0.970 bits per heavy atom. The summed E-state index contributed by atoms with van der Waals surface area (Å²) >= 11 is 1.53. The highest BCUT2D eigenvalue weighted by molar-refractivity contribution is 7.99. The second kappa shape index (κ2) is 9.00. The van der Waals surface area contributed by atoms with Gasteiger partial charge < -0.3 is 14.1 Å². The minimum atomic E-state index is -0.469. The van der Waals surface area contributed by atoms with Crippen LogP contribution in [-0.4, -0.2) is 11.9 Å². The van der Waals surface area contributed by atoms with Gasteiger partial charge in [0.05, 0.1) is 29.6 Å². The molecule has 0 atom stereocenters. The summed E-state index contributed by atoms with van der Waals surface area (Å²) in [5.41, 5.74) is 3.86. The Bertz CT molecular complexity index is 1330. The van der Waals surface area contributed by atoms with Crippen LogP contribution >= 0.6 is 11.8 Å². The maximum absolute atomic E-state index is 13.6. The van der Waals surface area contributed by atoms with Crippen molar-refractivity contribution in [3.8, 4) is 0 Å². The first-order valence-electron chi connectivity index (χ1n) is 10.6. The first-order valence-corrected chi connectivity index (χ1v) is 11.4. The summed E-state index contributed by atoms with van der Waals surface area (Å²) in [6.07, 6.45) is 1.54. The Hall–Kier alpha value is -3.77. The zero-order chi connectivity index (χ0) is 22.8. The van der Waals surface area contributed by atoms with Crippen molar-refractivity contribution >= 4 is 29.3 Å². The number of fused-ring (bicyclic) bond motifs is 2. The molecule has 1 aliphatic heterocycles. The van der Waals surface area contributed by atoms with E-state index in [-0.39, 0.29) is 12.5 Å². The third-order valence-electron chi connectivity index (χ3n) is 5.42. The smallest absolute Gasteiger partial charge is 0.338 e. The topological polar surface area (TPSA) is 59.8 Å². The van der Waals surface area contributed by atoms with Crippen LogP contribution in [0.5, 0.6) is 0 Å². The first kappa shape index (κ1) is 21.1. The van der Waals surface area contributed by atoms with Gasteiger partial charge >= 0.3 is 5.97 Å². The number of carbonyl (C=O) groups is 2. The molecule has 164 valence electrons. The van der Waals surface area contributed by atoms with Crippen LogP contribution in [0.1, 0.15) is 37.6 Å². The molecule has 0 unspecified atom stereocenters. The van der Waals surface area contributed by atoms with Gasteiger partial charge in [0, 0.05) is 9.79 Å². The average molecular weight is 456 g/mol. The molecule has 5 nitrogen and oxygen atoms in total. The molecular formula is C27H21NO4S. The molecule has 0 saturated carbocycles. The minimum Gasteiger partial charge on any atom is -0.466 e. The van der Waals surface area contributed by atoms with Gasteiger partial charge in [0.15, 0.2) is 0 Å². The highest BCUT2D eigenvalue weighted by Crippen LogP contribution is 2.42. The SMILES string of the molecule is Cc1cccc(CN2C(=O)c3ccccc3Sc3ccc(C(=O)OCc4ccco4)cc32)c1. The molecule has 0 radical (unpaired) electrons. The number of nitrogens with zero attached hydrogens (tertiary/aromatic N) is 1. The quantitative estimate of drug-likeness (QED) is 0.333. The molecule has 1 aromatic heterocycles. The summed E-state index contributed by atoms with van der Waals surface area (Å²) < 4.78 is 10.6. The molecule has 3 aromatic carbocycles. The first-order chi connectivity index (χ1) is 16.1. The lowest BCUT2D eigenvalue weighted by Crippen LogP contribution is -2.30. The molecule has 1 amide bonds. The van der Waals surface area contributed by atoms with Gasteiger partial charge in [-0.3, -0.25) is 4.79 Å². The fraction of sp³-hybridized carbons (Fsp3) is 0.111. The van der Waals surface area contributed by atoms with Gasteiger partial charge in [-0.25, -0.2) is 4.79 Å². The third-order valence-corrected chi connectivity index (χ3v) is 6.56. The van der Waals surface area contributed by atoms with Crippen LogP contribution in [0.2, 0.25) is 0 Å².